The molecule has 0 aliphatic rings. The summed E-state index contributed by atoms with van der Waals surface area (Å²) in [6.45, 7) is 0.785. The van der Waals surface area contributed by atoms with Crippen molar-refractivity contribution in [2.75, 3.05) is 0 Å². The maximum atomic E-state index is 10.9. The molecule has 13 heavy (non-hydrogen) atoms. The molecule has 0 radical (unpaired) electrons. The van der Waals surface area contributed by atoms with Crippen LogP contribution in [0.5, 0.6) is 0 Å². The molecule has 0 bridgehead atoms. The lowest BCUT2D eigenvalue weighted by Crippen LogP contribution is -1.93. The molecule has 0 spiro atoms. The average Bonchev–Trinajstić information content (AvgIpc) is 2.53. The SMILES string of the molecule is O=c1ccn(Cc2ccccc2)s1. The first kappa shape index (κ1) is 8.26. The van der Waals surface area contributed by atoms with Crippen LogP contribution >= 0.6 is 11.5 Å². The summed E-state index contributed by atoms with van der Waals surface area (Å²) in [5.74, 6) is 0. The lowest BCUT2D eigenvalue weighted by molar-refractivity contribution is 0.882. The van der Waals surface area contributed by atoms with Crippen LogP contribution in [0.3, 0.4) is 0 Å². The van der Waals surface area contributed by atoms with E-state index in [2.05, 4.69) is 12.1 Å². The van der Waals surface area contributed by atoms with Crippen molar-refractivity contribution >= 4 is 11.5 Å². The molecule has 0 saturated carbocycles. The van der Waals surface area contributed by atoms with Crippen LogP contribution in [0.25, 0.3) is 0 Å². The predicted octanol–water partition coefficient (Wildman–Crippen LogP) is 1.96. The van der Waals surface area contributed by atoms with Gasteiger partial charge < -0.3 is 0 Å². The van der Waals surface area contributed by atoms with Gasteiger partial charge in [-0.1, -0.05) is 30.3 Å². The lowest BCUT2D eigenvalue weighted by Gasteiger charge is -1.99. The minimum atomic E-state index is 0.107. The molecule has 3 heteroatoms. The largest absolute Gasteiger partial charge is 0.298 e. The van der Waals surface area contributed by atoms with Crippen molar-refractivity contribution in [3.8, 4) is 0 Å². The molecule has 0 amide bonds. The molecule has 2 rings (SSSR count). The maximum Gasteiger partial charge on any atom is 0.249 e. The summed E-state index contributed by atoms with van der Waals surface area (Å²) in [5.41, 5.74) is 1.22. The maximum absolute atomic E-state index is 10.9. The van der Waals surface area contributed by atoms with E-state index in [0.29, 0.717) is 0 Å². The fourth-order valence-corrected chi connectivity index (χ4v) is 1.86. The Morgan fingerprint density at radius 3 is 2.54 bits per heavy atom. The molecule has 66 valence electrons. The normalized spacial score (nSPS) is 10.2. The smallest absolute Gasteiger partial charge is 0.249 e. The number of hydrogen-bond acceptors (Lipinski definition) is 2. The summed E-state index contributed by atoms with van der Waals surface area (Å²) < 4.78 is 2.04. The van der Waals surface area contributed by atoms with Crippen LogP contribution in [0.4, 0.5) is 0 Å². The fraction of sp³-hybridized carbons (Fsp3) is 0.100. The fourth-order valence-electron chi connectivity index (χ4n) is 1.17. The molecule has 0 aliphatic carbocycles. The van der Waals surface area contributed by atoms with Gasteiger partial charge in [-0.2, -0.15) is 0 Å². The van der Waals surface area contributed by atoms with E-state index < -0.39 is 0 Å². The second-order valence-corrected chi connectivity index (χ2v) is 3.84. The molecule has 2 aromatic rings. The van der Waals surface area contributed by atoms with Gasteiger partial charge in [0.2, 0.25) is 4.74 Å². The van der Waals surface area contributed by atoms with Crippen LogP contribution < -0.4 is 4.74 Å². The van der Waals surface area contributed by atoms with E-state index in [-0.39, 0.29) is 4.74 Å². The molecular formula is C10H9NOS. The first-order valence-electron chi connectivity index (χ1n) is 4.05. The second kappa shape index (κ2) is 3.58. The highest BCUT2D eigenvalue weighted by Crippen LogP contribution is 2.03. The Labute approximate surface area is 80.2 Å². The number of rotatable bonds is 2. The van der Waals surface area contributed by atoms with Crippen molar-refractivity contribution in [1.29, 1.82) is 0 Å². The van der Waals surface area contributed by atoms with E-state index in [1.807, 2.05) is 28.4 Å². The molecular weight excluding hydrogens is 182 g/mol. The summed E-state index contributed by atoms with van der Waals surface area (Å²) >= 11 is 1.24. The van der Waals surface area contributed by atoms with Crippen molar-refractivity contribution in [1.82, 2.24) is 3.96 Å². The average molecular weight is 191 g/mol. The van der Waals surface area contributed by atoms with Crippen molar-refractivity contribution < 1.29 is 0 Å². The van der Waals surface area contributed by atoms with Gasteiger partial charge in [0, 0.05) is 12.3 Å². The zero-order chi connectivity index (χ0) is 9.10. The van der Waals surface area contributed by atoms with Gasteiger partial charge in [0.25, 0.3) is 0 Å². The Morgan fingerprint density at radius 1 is 1.15 bits per heavy atom. The Morgan fingerprint density at radius 2 is 1.92 bits per heavy atom. The van der Waals surface area contributed by atoms with Crippen LogP contribution in [0.15, 0.2) is 47.4 Å². The molecule has 0 atom stereocenters. The quantitative estimate of drug-likeness (QED) is 0.711. The van der Waals surface area contributed by atoms with Crippen LogP contribution in [0.1, 0.15) is 5.56 Å². The molecule has 1 aromatic carbocycles. The number of benzene rings is 1. The lowest BCUT2D eigenvalue weighted by atomic mass is 10.2. The van der Waals surface area contributed by atoms with Crippen molar-refractivity contribution in [3.63, 3.8) is 0 Å². The zero-order valence-corrected chi connectivity index (χ0v) is 7.83. The highest BCUT2D eigenvalue weighted by atomic mass is 32.1. The number of hydrogen-bond donors (Lipinski definition) is 0. The van der Waals surface area contributed by atoms with Gasteiger partial charge in [-0.3, -0.25) is 8.75 Å². The third-order valence-electron chi connectivity index (χ3n) is 1.77. The third-order valence-corrected chi connectivity index (χ3v) is 2.57. The molecule has 2 nitrogen and oxygen atoms in total. The molecule has 0 fully saturated rings. The minimum absolute atomic E-state index is 0.107. The summed E-state index contributed by atoms with van der Waals surface area (Å²) in [6, 6.07) is 11.7. The van der Waals surface area contributed by atoms with Gasteiger partial charge >= 0.3 is 0 Å². The van der Waals surface area contributed by atoms with Crippen LogP contribution in [-0.2, 0) is 6.54 Å². The Balaban J connectivity index is 2.20. The summed E-state index contributed by atoms with van der Waals surface area (Å²) in [6.07, 6.45) is 1.82. The van der Waals surface area contributed by atoms with Crippen molar-refractivity contribution in [3.05, 3.63) is 57.7 Å². The Kier molecular flexibility index (Phi) is 2.27. The number of aromatic nitrogens is 1. The molecule has 0 saturated heterocycles. The highest BCUT2D eigenvalue weighted by Gasteiger charge is 1.94. The van der Waals surface area contributed by atoms with E-state index in [0.717, 1.165) is 6.54 Å². The Bertz CT molecular complexity index is 429. The predicted molar refractivity (Wildman–Crippen MR) is 54.1 cm³/mol. The third kappa shape index (κ3) is 2.06. The van der Waals surface area contributed by atoms with Gasteiger partial charge in [0.1, 0.15) is 0 Å². The molecule has 0 unspecified atom stereocenters. The Hall–Kier alpha value is -1.35. The summed E-state index contributed by atoms with van der Waals surface area (Å²) in [4.78, 5) is 10.9. The molecule has 1 aromatic heterocycles. The van der Waals surface area contributed by atoms with E-state index in [9.17, 15) is 4.79 Å². The van der Waals surface area contributed by atoms with E-state index in [1.54, 1.807) is 6.07 Å². The van der Waals surface area contributed by atoms with Gasteiger partial charge in [0.15, 0.2) is 0 Å². The number of nitrogens with zero attached hydrogens (tertiary/aromatic N) is 1. The molecule has 0 aliphatic heterocycles. The molecule has 0 N–H and O–H groups in total. The van der Waals surface area contributed by atoms with Gasteiger partial charge in [-0.15, -0.1) is 0 Å². The van der Waals surface area contributed by atoms with E-state index in [4.69, 9.17) is 0 Å². The van der Waals surface area contributed by atoms with Crippen LogP contribution in [0, 0.1) is 0 Å². The highest BCUT2D eigenvalue weighted by molar-refractivity contribution is 7.03. The van der Waals surface area contributed by atoms with Gasteiger partial charge in [0.05, 0.1) is 6.54 Å². The monoisotopic (exact) mass is 191 g/mol. The minimum Gasteiger partial charge on any atom is -0.298 e. The van der Waals surface area contributed by atoms with Crippen LogP contribution in [0.2, 0.25) is 0 Å². The van der Waals surface area contributed by atoms with Crippen LogP contribution in [-0.4, -0.2) is 3.96 Å². The standard InChI is InChI=1S/C10H9NOS/c12-10-6-7-11(13-10)8-9-4-2-1-3-5-9/h1-7H,8H2. The van der Waals surface area contributed by atoms with Gasteiger partial charge in [-0.05, 0) is 17.1 Å². The zero-order valence-electron chi connectivity index (χ0n) is 7.01. The first-order valence-corrected chi connectivity index (χ1v) is 4.82. The van der Waals surface area contributed by atoms with Crippen molar-refractivity contribution in [2.45, 2.75) is 6.54 Å². The van der Waals surface area contributed by atoms with E-state index >= 15 is 0 Å². The van der Waals surface area contributed by atoms with Crippen molar-refractivity contribution in [2.24, 2.45) is 0 Å². The molecule has 1 heterocycles. The van der Waals surface area contributed by atoms with E-state index in [1.165, 1.54) is 17.1 Å². The van der Waals surface area contributed by atoms with Gasteiger partial charge in [-0.25, -0.2) is 0 Å². The topological polar surface area (TPSA) is 22.0 Å². The summed E-state index contributed by atoms with van der Waals surface area (Å²) in [5, 5.41) is 0. The summed E-state index contributed by atoms with van der Waals surface area (Å²) in [7, 11) is 0. The second-order valence-electron chi connectivity index (χ2n) is 2.79. The first-order chi connectivity index (χ1) is 6.34.